The number of nitrogens with one attached hydrogen (secondary N) is 2. The minimum absolute atomic E-state index is 0.120. The highest BCUT2D eigenvalue weighted by molar-refractivity contribution is 5.91. The molecule has 2 aromatic rings. The van der Waals surface area contributed by atoms with E-state index in [0.29, 0.717) is 0 Å². The van der Waals surface area contributed by atoms with Crippen molar-refractivity contribution in [2.75, 3.05) is 11.9 Å². The summed E-state index contributed by atoms with van der Waals surface area (Å²) in [6, 6.07) is 14.0. The second kappa shape index (κ2) is 12.3. The maximum Gasteiger partial charge on any atom is 0.319 e. The van der Waals surface area contributed by atoms with Crippen LogP contribution in [0.4, 0.5) is 10.5 Å². The molecule has 1 saturated carbocycles. The van der Waals surface area contributed by atoms with Crippen LogP contribution in [-0.4, -0.2) is 23.3 Å². The van der Waals surface area contributed by atoms with Gasteiger partial charge in [0.1, 0.15) is 0 Å². The van der Waals surface area contributed by atoms with Gasteiger partial charge in [-0.15, -0.1) is 6.42 Å². The number of hydrogen-bond acceptors (Lipinski definition) is 2. The van der Waals surface area contributed by atoms with Crippen LogP contribution >= 0.6 is 0 Å². The van der Waals surface area contributed by atoms with Crippen LogP contribution in [0.1, 0.15) is 81.0 Å². The molecule has 2 aromatic carbocycles. The van der Waals surface area contributed by atoms with Gasteiger partial charge in [-0.1, -0.05) is 61.6 Å². The minimum atomic E-state index is -0.649. The van der Waals surface area contributed by atoms with Gasteiger partial charge in [0, 0.05) is 11.3 Å². The molecule has 33 heavy (non-hydrogen) atoms. The molecule has 4 nitrogen and oxygen atoms in total. The van der Waals surface area contributed by atoms with Crippen molar-refractivity contribution >= 4 is 17.3 Å². The zero-order valence-corrected chi connectivity index (χ0v) is 20.5. The molecule has 4 heteroatoms. The first-order chi connectivity index (χ1) is 15.6. The van der Waals surface area contributed by atoms with Crippen LogP contribution in [0, 0.1) is 19.3 Å². The highest BCUT2D eigenvalue weighted by Gasteiger charge is 2.19. The van der Waals surface area contributed by atoms with Gasteiger partial charge in [0.15, 0.2) is 0 Å². The topological polar surface area (TPSA) is 61.4 Å². The van der Waals surface area contributed by atoms with Crippen LogP contribution in [0.2, 0.25) is 0 Å². The van der Waals surface area contributed by atoms with E-state index in [1.54, 1.807) is 13.8 Å². The normalized spacial score (nSPS) is 13.8. The number of terminal acetylenes is 1. The Balaban J connectivity index is 0.000000243. The number of carbonyl (C=O) groups excluding carboxylic acids is 1. The van der Waals surface area contributed by atoms with E-state index in [0.717, 1.165) is 33.9 Å². The van der Waals surface area contributed by atoms with Crippen molar-refractivity contribution in [3.63, 3.8) is 0 Å². The van der Waals surface area contributed by atoms with Gasteiger partial charge in [-0.3, -0.25) is 0 Å². The summed E-state index contributed by atoms with van der Waals surface area (Å²) in [6.45, 7) is 11.1. The van der Waals surface area contributed by atoms with Gasteiger partial charge in [0.2, 0.25) is 0 Å². The zero-order chi connectivity index (χ0) is 24.4. The summed E-state index contributed by atoms with van der Waals surface area (Å²) in [4.78, 5) is 11.9. The Kier molecular flexibility index (Phi) is 9.75. The molecule has 1 aliphatic carbocycles. The molecule has 1 fully saturated rings. The predicted molar refractivity (Wildman–Crippen MR) is 139 cm³/mol. The number of carbonyl (C=O) groups is 1. The Hall–Kier alpha value is -3.03. The molecular formula is C29H38N2O2. The van der Waals surface area contributed by atoms with Crippen LogP contribution in [0.15, 0.2) is 49.0 Å². The molecule has 0 unspecified atom stereocenters. The van der Waals surface area contributed by atoms with Gasteiger partial charge in [-0.05, 0) is 81.3 Å². The molecule has 2 amide bonds. The molecular weight excluding hydrogens is 408 g/mol. The number of aliphatic hydroxyl groups excluding tert-OH is 1. The summed E-state index contributed by atoms with van der Waals surface area (Å²) in [6.07, 6.45) is 12.2. The second-order valence-corrected chi connectivity index (χ2v) is 9.53. The first-order valence-corrected chi connectivity index (χ1v) is 11.7. The summed E-state index contributed by atoms with van der Waals surface area (Å²) in [5.74, 6) is 3.44. The standard InChI is InChI=1S/C15H22N2O2.C14H16/c1-10(2)12-7-6-11(3)13(8-12)16-14(19)17-15(4,5)9-18;1-2-12-8-10-14(11-9-12)13-6-4-3-5-7-13/h6-8,18H,1,9H2,2-5H3,(H2,16,17,19);1,8-11,13H,3-7H2. The lowest BCUT2D eigenvalue weighted by molar-refractivity contribution is 0.187. The van der Waals surface area contributed by atoms with E-state index < -0.39 is 5.54 Å². The number of benzene rings is 2. The number of hydrogen-bond donors (Lipinski definition) is 3. The molecule has 0 aliphatic heterocycles. The van der Waals surface area contributed by atoms with Crippen LogP contribution in [0.5, 0.6) is 0 Å². The lowest BCUT2D eigenvalue weighted by Gasteiger charge is -2.24. The van der Waals surface area contributed by atoms with E-state index in [2.05, 4.69) is 47.4 Å². The third-order valence-electron chi connectivity index (χ3n) is 5.98. The van der Waals surface area contributed by atoms with Crippen LogP contribution in [-0.2, 0) is 0 Å². The molecule has 0 spiro atoms. The SMILES string of the molecule is C#Cc1ccc(C2CCCCC2)cc1.C=C(C)c1ccc(C)c(NC(=O)NC(C)(C)CO)c1. The van der Waals surface area contributed by atoms with Gasteiger partial charge in [0.05, 0.1) is 12.1 Å². The lowest BCUT2D eigenvalue weighted by Crippen LogP contribution is -2.48. The highest BCUT2D eigenvalue weighted by Crippen LogP contribution is 2.32. The number of rotatable bonds is 5. The van der Waals surface area contributed by atoms with E-state index >= 15 is 0 Å². The quantitative estimate of drug-likeness (QED) is 0.451. The summed E-state index contributed by atoms with van der Waals surface area (Å²) in [5, 5.41) is 14.6. The van der Waals surface area contributed by atoms with E-state index in [4.69, 9.17) is 11.5 Å². The molecule has 3 rings (SSSR count). The van der Waals surface area contributed by atoms with Crippen LogP contribution < -0.4 is 10.6 Å². The molecule has 1 aliphatic rings. The first kappa shape index (κ1) is 26.2. The van der Waals surface area contributed by atoms with Crippen molar-refractivity contribution in [3.8, 4) is 12.3 Å². The van der Waals surface area contributed by atoms with Crippen LogP contribution in [0.3, 0.4) is 0 Å². The van der Waals surface area contributed by atoms with Crippen molar-refractivity contribution in [2.24, 2.45) is 0 Å². The smallest absolute Gasteiger partial charge is 0.319 e. The Morgan fingerprint density at radius 2 is 1.79 bits per heavy atom. The Morgan fingerprint density at radius 3 is 2.33 bits per heavy atom. The fraction of sp³-hybridized carbons (Fsp3) is 0.414. The minimum Gasteiger partial charge on any atom is -0.394 e. The fourth-order valence-electron chi connectivity index (χ4n) is 3.81. The lowest BCUT2D eigenvalue weighted by atomic mass is 9.84. The van der Waals surface area contributed by atoms with Crippen molar-refractivity contribution in [3.05, 3.63) is 71.3 Å². The van der Waals surface area contributed by atoms with Gasteiger partial charge >= 0.3 is 6.03 Å². The molecule has 0 saturated heterocycles. The zero-order valence-electron chi connectivity index (χ0n) is 20.5. The molecule has 176 valence electrons. The van der Waals surface area contributed by atoms with Crippen molar-refractivity contribution in [1.29, 1.82) is 0 Å². The maximum atomic E-state index is 11.9. The largest absolute Gasteiger partial charge is 0.394 e. The predicted octanol–water partition coefficient (Wildman–Crippen LogP) is 6.64. The molecule has 3 N–H and O–H groups in total. The van der Waals surface area contributed by atoms with E-state index in [1.807, 2.05) is 32.0 Å². The average Bonchev–Trinajstić information content (AvgIpc) is 2.81. The van der Waals surface area contributed by atoms with Gasteiger partial charge < -0.3 is 15.7 Å². The summed E-state index contributed by atoms with van der Waals surface area (Å²) in [5.41, 5.74) is 5.47. The van der Waals surface area contributed by atoms with E-state index in [-0.39, 0.29) is 12.6 Å². The molecule has 0 atom stereocenters. The molecule has 0 heterocycles. The molecule has 0 radical (unpaired) electrons. The van der Waals surface area contributed by atoms with E-state index in [9.17, 15) is 4.79 Å². The monoisotopic (exact) mass is 446 g/mol. The van der Waals surface area contributed by atoms with Gasteiger partial charge in [0.25, 0.3) is 0 Å². The third-order valence-corrected chi connectivity index (χ3v) is 5.98. The summed E-state index contributed by atoms with van der Waals surface area (Å²) >= 11 is 0. The third kappa shape index (κ3) is 8.44. The fourth-order valence-corrected chi connectivity index (χ4v) is 3.81. The van der Waals surface area contributed by atoms with Gasteiger partial charge in [-0.2, -0.15) is 0 Å². The average molecular weight is 447 g/mol. The molecule has 0 bridgehead atoms. The second-order valence-electron chi connectivity index (χ2n) is 9.53. The van der Waals surface area contributed by atoms with Gasteiger partial charge in [-0.25, -0.2) is 4.79 Å². The van der Waals surface area contributed by atoms with Crippen molar-refractivity contribution in [2.45, 2.75) is 71.3 Å². The number of amides is 2. The molecule has 0 aromatic heterocycles. The summed E-state index contributed by atoms with van der Waals surface area (Å²) in [7, 11) is 0. The van der Waals surface area contributed by atoms with Crippen LogP contribution in [0.25, 0.3) is 5.57 Å². The number of urea groups is 1. The highest BCUT2D eigenvalue weighted by atomic mass is 16.3. The van der Waals surface area contributed by atoms with Crippen molar-refractivity contribution in [1.82, 2.24) is 5.32 Å². The first-order valence-electron chi connectivity index (χ1n) is 11.7. The number of aryl methyl sites for hydroxylation is 1. The summed E-state index contributed by atoms with van der Waals surface area (Å²) < 4.78 is 0. The number of aliphatic hydroxyl groups is 1. The Labute approximate surface area is 199 Å². The van der Waals surface area contributed by atoms with Crippen molar-refractivity contribution < 1.29 is 9.90 Å². The Morgan fingerprint density at radius 1 is 1.15 bits per heavy atom. The number of anilines is 1. The Bertz CT molecular complexity index is 978. The number of allylic oxidation sites excluding steroid dienone is 1. The van der Waals surface area contributed by atoms with E-state index in [1.165, 1.54) is 37.7 Å². The maximum absolute atomic E-state index is 11.9.